The first-order valence-electron chi connectivity index (χ1n) is 12.4. The fourth-order valence-corrected chi connectivity index (χ4v) is 4.50. The van der Waals surface area contributed by atoms with Gasteiger partial charge in [0.05, 0.1) is 23.3 Å². The molecule has 0 atom stereocenters. The third-order valence-corrected chi connectivity index (χ3v) is 6.59. The molecule has 0 aromatic heterocycles. The second kappa shape index (κ2) is 12.4. The smallest absolute Gasteiger partial charge is 0.399 e. The van der Waals surface area contributed by atoms with Crippen LogP contribution in [-0.2, 0) is 18.9 Å². The van der Waals surface area contributed by atoms with Gasteiger partial charge in [-0.25, -0.2) is 0 Å². The number of halogens is 6. The summed E-state index contributed by atoms with van der Waals surface area (Å²) in [7, 11) is 0. The Morgan fingerprint density at radius 1 is 0.744 bits per heavy atom. The van der Waals surface area contributed by atoms with Crippen LogP contribution in [0.2, 0.25) is 0 Å². The fourth-order valence-electron chi connectivity index (χ4n) is 4.50. The molecule has 0 bridgehead atoms. The van der Waals surface area contributed by atoms with E-state index < -0.39 is 35.5 Å². The third-order valence-electron chi connectivity index (χ3n) is 6.59. The van der Waals surface area contributed by atoms with E-state index in [0.29, 0.717) is 64.0 Å². The molecule has 39 heavy (non-hydrogen) atoms. The number of benzene rings is 2. The Morgan fingerprint density at radius 2 is 1.21 bits per heavy atom. The summed E-state index contributed by atoms with van der Waals surface area (Å²) in [5, 5.41) is 18.8. The van der Waals surface area contributed by atoms with E-state index in [1.807, 2.05) is 4.90 Å². The van der Waals surface area contributed by atoms with E-state index in [2.05, 4.69) is 0 Å². The van der Waals surface area contributed by atoms with E-state index in [9.17, 15) is 41.4 Å². The van der Waals surface area contributed by atoms with Crippen LogP contribution in [0.15, 0.2) is 36.4 Å². The van der Waals surface area contributed by atoms with Crippen molar-refractivity contribution in [2.24, 2.45) is 0 Å². The summed E-state index contributed by atoms with van der Waals surface area (Å²) in [6.45, 7) is 2.47. The van der Waals surface area contributed by atoms with Crippen molar-refractivity contribution < 1.29 is 41.4 Å². The zero-order valence-electron chi connectivity index (χ0n) is 21.1. The molecule has 2 fully saturated rings. The molecule has 2 aromatic carbocycles. The Labute approximate surface area is 222 Å². The summed E-state index contributed by atoms with van der Waals surface area (Å²) in [4.78, 5) is 15.6. The Morgan fingerprint density at radius 3 is 1.72 bits per heavy atom. The lowest BCUT2D eigenvalue weighted by Gasteiger charge is -2.29. The third kappa shape index (κ3) is 9.01. The molecule has 0 saturated carbocycles. The average molecular weight is 563 g/mol. The van der Waals surface area contributed by atoms with Crippen LogP contribution in [0, 0.1) is 0 Å². The fraction of sp³-hybridized carbons (Fsp3) is 0.500. The van der Waals surface area contributed by atoms with Gasteiger partial charge in [0.2, 0.25) is 0 Å². The van der Waals surface area contributed by atoms with Crippen molar-refractivity contribution in [3.63, 3.8) is 0 Å². The number of hydrogen-bond donors (Lipinski definition) is 4. The van der Waals surface area contributed by atoms with Crippen LogP contribution in [0.4, 0.5) is 37.7 Å². The second-order valence-corrected chi connectivity index (χ2v) is 9.83. The van der Waals surface area contributed by atoms with Gasteiger partial charge < -0.3 is 26.6 Å². The molecule has 7 nitrogen and oxygen atoms in total. The number of rotatable bonds is 3. The number of nitrogens with two attached hydrogens (primary N) is 2. The first-order valence-corrected chi connectivity index (χ1v) is 12.4. The highest BCUT2D eigenvalue weighted by Crippen LogP contribution is 2.33. The molecular weight excluding hydrogens is 530 g/mol. The average Bonchev–Trinajstić information content (AvgIpc) is 2.84. The highest BCUT2D eigenvalue weighted by atomic mass is 19.4. The molecule has 2 aromatic rings. The van der Waals surface area contributed by atoms with E-state index in [0.717, 1.165) is 24.3 Å². The second-order valence-electron chi connectivity index (χ2n) is 9.83. The monoisotopic (exact) mass is 562 g/mol. The molecule has 0 radical (unpaired) electrons. The predicted octanol–water partition coefficient (Wildman–Crippen LogP) is 4.13. The number of hydrogen-bond acceptors (Lipinski definition) is 6. The van der Waals surface area contributed by atoms with Crippen LogP contribution >= 0.6 is 0 Å². The maximum absolute atomic E-state index is 12.7. The van der Waals surface area contributed by atoms with Crippen LogP contribution in [0.25, 0.3) is 0 Å². The molecule has 216 valence electrons. The summed E-state index contributed by atoms with van der Waals surface area (Å²) in [5.74, 6) is -0.491. The summed E-state index contributed by atoms with van der Waals surface area (Å²) < 4.78 is 76.1. The van der Waals surface area contributed by atoms with Crippen molar-refractivity contribution in [2.45, 2.75) is 56.8 Å². The minimum atomic E-state index is -4.54. The van der Waals surface area contributed by atoms with Crippen LogP contribution < -0.4 is 11.5 Å². The maximum Gasteiger partial charge on any atom is 0.416 e. The van der Waals surface area contributed by atoms with Gasteiger partial charge in [0.25, 0.3) is 5.91 Å². The zero-order chi connectivity index (χ0) is 29.0. The molecule has 2 aliphatic heterocycles. The number of aliphatic hydroxyl groups excluding tert-OH is 2. The molecule has 13 heteroatoms. The SMILES string of the molecule is Nc1cc(C(=O)N2CCC(O)CC2)cc(C(F)(F)F)c1.Nc1cc(CN2CCC(O)CC2)cc(C(F)(F)F)c1. The number of carbonyl (C=O) groups is 1. The minimum Gasteiger partial charge on any atom is -0.399 e. The van der Waals surface area contributed by atoms with Gasteiger partial charge in [-0.2, -0.15) is 26.3 Å². The maximum atomic E-state index is 12.7. The molecule has 1 amide bonds. The van der Waals surface area contributed by atoms with Crippen molar-refractivity contribution in [3.8, 4) is 0 Å². The number of likely N-dealkylation sites (tertiary alicyclic amines) is 2. The van der Waals surface area contributed by atoms with Crippen molar-refractivity contribution in [3.05, 3.63) is 58.7 Å². The van der Waals surface area contributed by atoms with Gasteiger partial charge in [-0.15, -0.1) is 0 Å². The molecule has 0 aliphatic carbocycles. The summed E-state index contributed by atoms with van der Waals surface area (Å²) >= 11 is 0. The highest BCUT2D eigenvalue weighted by molar-refractivity contribution is 5.95. The number of aliphatic hydroxyl groups is 2. The van der Waals surface area contributed by atoms with Crippen LogP contribution in [0.3, 0.4) is 0 Å². The number of alkyl halides is 6. The Kier molecular flexibility index (Phi) is 9.73. The van der Waals surface area contributed by atoms with E-state index >= 15 is 0 Å². The number of nitrogen functional groups attached to an aromatic ring is 2. The first kappa shape index (κ1) is 30.5. The normalized spacial score (nSPS) is 18.0. The summed E-state index contributed by atoms with van der Waals surface area (Å²) in [6.07, 6.45) is -7.47. The molecule has 4 rings (SSSR count). The summed E-state index contributed by atoms with van der Waals surface area (Å²) in [6, 6.07) is 6.51. The molecule has 0 spiro atoms. The Balaban J connectivity index is 0.000000216. The van der Waals surface area contributed by atoms with Crippen LogP contribution in [0.5, 0.6) is 0 Å². The molecule has 6 N–H and O–H groups in total. The number of nitrogens with zero attached hydrogens (tertiary/aromatic N) is 2. The lowest BCUT2D eigenvalue weighted by Crippen LogP contribution is -2.40. The lowest BCUT2D eigenvalue weighted by atomic mass is 10.0. The van der Waals surface area contributed by atoms with Gasteiger partial charge in [0.1, 0.15) is 0 Å². The van der Waals surface area contributed by atoms with Crippen molar-refractivity contribution in [1.82, 2.24) is 9.80 Å². The Hall–Kier alpha value is -3.03. The topological polar surface area (TPSA) is 116 Å². The van der Waals surface area contributed by atoms with Gasteiger partial charge in [-0.05, 0) is 67.6 Å². The molecule has 0 unspecified atom stereocenters. The van der Waals surface area contributed by atoms with Crippen molar-refractivity contribution >= 4 is 17.3 Å². The standard InChI is InChI=1S/C13H15F3N2O2.C13H17F3N2O/c14-13(15,16)9-5-8(6-10(17)7-9)12(20)18-3-1-11(19)2-4-18;14-13(15,16)10-5-9(6-11(17)7-10)8-18-3-1-12(19)2-4-18/h5-7,11,19H,1-4,17H2;5-7,12,19H,1-4,8,17H2. The van der Waals surface area contributed by atoms with Gasteiger partial charge in [-0.3, -0.25) is 9.69 Å². The van der Waals surface area contributed by atoms with E-state index in [-0.39, 0.29) is 23.0 Å². The number of carbonyl (C=O) groups excluding carboxylic acids is 1. The van der Waals surface area contributed by atoms with Crippen LogP contribution in [0.1, 0.15) is 52.7 Å². The van der Waals surface area contributed by atoms with Crippen LogP contribution in [-0.4, -0.2) is 64.3 Å². The number of piperidine rings is 2. The Bertz CT molecular complexity index is 1130. The van der Waals surface area contributed by atoms with Gasteiger partial charge in [-0.1, -0.05) is 0 Å². The van der Waals surface area contributed by atoms with E-state index in [4.69, 9.17) is 11.5 Å². The lowest BCUT2D eigenvalue weighted by molar-refractivity contribution is -0.138. The van der Waals surface area contributed by atoms with Gasteiger partial charge in [0.15, 0.2) is 0 Å². The quantitative estimate of drug-likeness (QED) is 0.330. The van der Waals surface area contributed by atoms with Gasteiger partial charge in [0, 0.05) is 49.7 Å². The van der Waals surface area contributed by atoms with Crippen molar-refractivity contribution in [2.75, 3.05) is 37.6 Å². The molecule has 2 saturated heterocycles. The van der Waals surface area contributed by atoms with Gasteiger partial charge >= 0.3 is 12.4 Å². The molecular formula is C26H32F6N4O3. The number of anilines is 2. The van der Waals surface area contributed by atoms with E-state index in [1.165, 1.54) is 11.0 Å². The first-order chi connectivity index (χ1) is 18.1. The molecule has 2 aliphatic rings. The minimum absolute atomic E-state index is 0.0753. The largest absolute Gasteiger partial charge is 0.416 e. The number of amides is 1. The highest BCUT2D eigenvalue weighted by Gasteiger charge is 2.33. The van der Waals surface area contributed by atoms with Crippen molar-refractivity contribution in [1.29, 1.82) is 0 Å². The predicted molar refractivity (Wildman–Crippen MR) is 133 cm³/mol. The zero-order valence-corrected chi connectivity index (χ0v) is 21.1. The summed E-state index contributed by atoms with van der Waals surface area (Å²) in [5.41, 5.74) is 9.83. The molecule has 2 heterocycles. The van der Waals surface area contributed by atoms with E-state index in [1.54, 1.807) is 6.07 Å².